The number of nitrogens with one attached hydrogen (secondary N) is 2. The third-order valence-corrected chi connectivity index (χ3v) is 5.90. The summed E-state index contributed by atoms with van der Waals surface area (Å²) in [6.45, 7) is 2.27. The summed E-state index contributed by atoms with van der Waals surface area (Å²) in [6, 6.07) is 3.20. The van der Waals surface area contributed by atoms with Crippen LogP contribution in [-0.2, 0) is 16.1 Å². The first-order valence-electron chi connectivity index (χ1n) is 8.73. The molecule has 2 fully saturated rings. The van der Waals surface area contributed by atoms with Crippen molar-refractivity contribution in [2.24, 2.45) is 0 Å². The quantitative estimate of drug-likeness (QED) is 0.747. The summed E-state index contributed by atoms with van der Waals surface area (Å²) in [6.07, 6.45) is 2.68. The molecule has 0 aliphatic carbocycles. The van der Waals surface area contributed by atoms with Crippen LogP contribution >= 0.6 is 24.0 Å². The van der Waals surface area contributed by atoms with E-state index in [0.717, 1.165) is 37.1 Å². The lowest BCUT2D eigenvalue weighted by Crippen LogP contribution is -2.52. The van der Waals surface area contributed by atoms with E-state index in [2.05, 4.69) is 10.6 Å². The molecule has 3 amide bonds. The number of rotatable bonds is 2. The topological polar surface area (TPSA) is 78.5 Å². The molecule has 3 aliphatic heterocycles. The summed E-state index contributed by atoms with van der Waals surface area (Å²) >= 11 is 6.66. The lowest BCUT2D eigenvalue weighted by molar-refractivity contribution is -0.136. The van der Waals surface area contributed by atoms with Crippen LogP contribution in [0.4, 0.5) is 0 Å². The zero-order valence-electron chi connectivity index (χ0n) is 14.2. The normalized spacial score (nSPS) is 23.5. The first kappa shape index (κ1) is 19.1. The number of nitrogens with zero attached hydrogens (tertiary/aromatic N) is 1. The fourth-order valence-electron chi connectivity index (χ4n) is 4.07. The first-order chi connectivity index (χ1) is 12.1. The largest absolute Gasteiger partial charge is 0.322 e. The molecule has 6 nitrogen and oxygen atoms in total. The Morgan fingerprint density at radius 2 is 1.81 bits per heavy atom. The van der Waals surface area contributed by atoms with Crippen LogP contribution < -0.4 is 10.6 Å². The Morgan fingerprint density at radius 3 is 2.50 bits per heavy atom. The van der Waals surface area contributed by atoms with Gasteiger partial charge >= 0.3 is 0 Å². The fourth-order valence-corrected chi connectivity index (χ4v) is 4.45. The number of imide groups is 1. The molecule has 1 aromatic carbocycles. The second-order valence-corrected chi connectivity index (χ2v) is 7.30. The van der Waals surface area contributed by atoms with Gasteiger partial charge in [-0.2, -0.15) is 0 Å². The van der Waals surface area contributed by atoms with Gasteiger partial charge in [-0.15, -0.1) is 12.4 Å². The van der Waals surface area contributed by atoms with Gasteiger partial charge in [-0.1, -0.05) is 17.7 Å². The number of piperidine rings is 2. The minimum Gasteiger partial charge on any atom is -0.322 e. The molecule has 1 unspecified atom stereocenters. The maximum atomic E-state index is 12.8. The highest BCUT2D eigenvalue weighted by molar-refractivity contribution is 6.33. The van der Waals surface area contributed by atoms with Gasteiger partial charge in [0.25, 0.3) is 5.91 Å². The highest BCUT2D eigenvalue weighted by atomic mass is 35.5. The Hall–Kier alpha value is -1.63. The maximum Gasteiger partial charge on any atom is 0.255 e. The lowest BCUT2D eigenvalue weighted by atomic mass is 9.88. The summed E-state index contributed by atoms with van der Waals surface area (Å²) in [5, 5.41) is 6.32. The summed E-state index contributed by atoms with van der Waals surface area (Å²) in [5.41, 5.74) is 2.49. The average Bonchev–Trinajstić information content (AvgIpc) is 2.94. The minimum absolute atomic E-state index is 0. The number of amides is 3. The molecule has 0 aromatic heterocycles. The summed E-state index contributed by atoms with van der Waals surface area (Å²) in [4.78, 5) is 37.8. The molecule has 26 heavy (non-hydrogen) atoms. The third kappa shape index (κ3) is 3.21. The molecule has 4 rings (SSSR count). The lowest BCUT2D eigenvalue weighted by Gasteiger charge is -2.29. The molecule has 3 heterocycles. The number of fused-ring (bicyclic) bond motifs is 1. The van der Waals surface area contributed by atoms with E-state index in [0.29, 0.717) is 29.5 Å². The molecule has 140 valence electrons. The monoisotopic (exact) mass is 397 g/mol. The SMILES string of the molecule is Cl.O=C1CCC(N2Cc3c(ccc(C4CCNCC4)c3Cl)C2=O)C(=O)N1. The van der Waals surface area contributed by atoms with E-state index < -0.39 is 11.9 Å². The number of carbonyl (C=O) groups excluding carboxylic acids is 3. The van der Waals surface area contributed by atoms with Gasteiger partial charge in [0.1, 0.15) is 6.04 Å². The molecule has 0 radical (unpaired) electrons. The minimum atomic E-state index is -0.601. The van der Waals surface area contributed by atoms with Crippen molar-refractivity contribution in [3.8, 4) is 0 Å². The van der Waals surface area contributed by atoms with Crippen molar-refractivity contribution in [2.75, 3.05) is 13.1 Å². The van der Waals surface area contributed by atoms with Crippen molar-refractivity contribution in [1.82, 2.24) is 15.5 Å². The second kappa shape index (κ2) is 7.55. The molecular weight excluding hydrogens is 377 g/mol. The van der Waals surface area contributed by atoms with Crippen molar-refractivity contribution < 1.29 is 14.4 Å². The Kier molecular flexibility index (Phi) is 5.55. The summed E-state index contributed by atoms with van der Waals surface area (Å²) < 4.78 is 0. The van der Waals surface area contributed by atoms with Gasteiger partial charge in [-0.25, -0.2) is 0 Å². The number of hydrogen-bond acceptors (Lipinski definition) is 4. The maximum absolute atomic E-state index is 12.8. The zero-order chi connectivity index (χ0) is 17.6. The van der Waals surface area contributed by atoms with Gasteiger partial charge < -0.3 is 10.2 Å². The number of carbonyl (C=O) groups is 3. The molecule has 3 aliphatic rings. The van der Waals surface area contributed by atoms with Gasteiger partial charge in [-0.05, 0) is 49.9 Å². The van der Waals surface area contributed by atoms with Crippen LogP contribution in [0.2, 0.25) is 5.02 Å². The van der Waals surface area contributed by atoms with Gasteiger partial charge in [0.2, 0.25) is 11.8 Å². The van der Waals surface area contributed by atoms with E-state index in [9.17, 15) is 14.4 Å². The molecule has 1 aromatic rings. The van der Waals surface area contributed by atoms with Crippen LogP contribution in [0.3, 0.4) is 0 Å². The molecule has 8 heteroatoms. The first-order valence-corrected chi connectivity index (χ1v) is 9.10. The Bertz CT molecular complexity index is 762. The Labute approximate surface area is 163 Å². The van der Waals surface area contributed by atoms with Crippen molar-refractivity contribution >= 4 is 41.7 Å². The van der Waals surface area contributed by atoms with E-state index in [1.807, 2.05) is 12.1 Å². The molecule has 0 saturated carbocycles. The van der Waals surface area contributed by atoms with Crippen LogP contribution in [0.5, 0.6) is 0 Å². The number of halogens is 2. The Morgan fingerprint density at radius 1 is 1.08 bits per heavy atom. The van der Waals surface area contributed by atoms with Gasteiger partial charge in [0.05, 0.1) is 0 Å². The molecule has 1 atom stereocenters. The highest BCUT2D eigenvalue weighted by Gasteiger charge is 2.40. The van der Waals surface area contributed by atoms with E-state index in [1.165, 1.54) is 0 Å². The standard InChI is InChI=1S/C18H20ClN3O3.ClH/c19-16-11(10-5-7-20-8-6-10)1-2-12-13(16)9-22(18(12)25)14-3-4-15(23)21-17(14)24;/h1-2,10,14,20H,3-9H2,(H,21,23,24);1H. The molecule has 0 bridgehead atoms. The van der Waals surface area contributed by atoms with E-state index >= 15 is 0 Å². The van der Waals surface area contributed by atoms with Gasteiger partial charge in [0, 0.05) is 29.1 Å². The summed E-state index contributed by atoms with van der Waals surface area (Å²) in [5.74, 6) is -0.453. The average molecular weight is 398 g/mol. The van der Waals surface area contributed by atoms with Crippen LogP contribution in [0.1, 0.15) is 53.1 Å². The number of benzene rings is 1. The van der Waals surface area contributed by atoms with Gasteiger partial charge in [0.15, 0.2) is 0 Å². The smallest absolute Gasteiger partial charge is 0.255 e. The van der Waals surface area contributed by atoms with Crippen molar-refractivity contribution in [2.45, 2.75) is 44.2 Å². The number of hydrogen-bond donors (Lipinski definition) is 2. The van der Waals surface area contributed by atoms with Crippen molar-refractivity contribution in [1.29, 1.82) is 0 Å². The summed E-state index contributed by atoms with van der Waals surface area (Å²) in [7, 11) is 0. The molecular formula is C18H21Cl2N3O3. The predicted molar refractivity (Wildman–Crippen MR) is 99.6 cm³/mol. The van der Waals surface area contributed by atoms with Crippen molar-refractivity contribution in [3.63, 3.8) is 0 Å². The predicted octanol–water partition coefficient (Wildman–Crippen LogP) is 1.99. The second-order valence-electron chi connectivity index (χ2n) is 6.92. The zero-order valence-corrected chi connectivity index (χ0v) is 15.8. The van der Waals surface area contributed by atoms with Crippen LogP contribution in [0.15, 0.2) is 12.1 Å². The van der Waals surface area contributed by atoms with E-state index in [4.69, 9.17) is 11.6 Å². The van der Waals surface area contributed by atoms with E-state index in [-0.39, 0.29) is 30.6 Å². The highest BCUT2D eigenvalue weighted by Crippen LogP contribution is 2.39. The Balaban J connectivity index is 0.00000196. The van der Waals surface area contributed by atoms with Crippen LogP contribution in [0, 0.1) is 0 Å². The van der Waals surface area contributed by atoms with Crippen molar-refractivity contribution in [3.05, 3.63) is 33.8 Å². The van der Waals surface area contributed by atoms with E-state index in [1.54, 1.807) is 4.90 Å². The van der Waals surface area contributed by atoms with Crippen LogP contribution in [-0.4, -0.2) is 41.8 Å². The molecule has 2 N–H and O–H groups in total. The van der Waals surface area contributed by atoms with Crippen LogP contribution in [0.25, 0.3) is 0 Å². The van der Waals surface area contributed by atoms with Gasteiger partial charge in [-0.3, -0.25) is 19.7 Å². The fraction of sp³-hybridized carbons (Fsp3) is 0.500. The molecule has 0 spiro atoms. The third-order valence-electron chi connectivity index (χ3n) is 5.46. The molecule has 2 saturated heterocycles.